The summed E-state index contributed by atoms with van der Waals surface area (Å²) in [6.45, 7) is -0.837. The lowest BCUT2D eigenvalue weighted by atomic mass is 10.2. The van der Waals surface area contributed by atoms with Crippen molar-refractivity contribution in [2.24, 2.45) is 0 Å². The molecule has 2 N–H and O–H groups in total. The SMILES string of the molecule is COc1ccc(OCCCC(=O)NC(CF)C(=O)O)cc1. The molecule has 0 spiro atoms. The van der Waals surface area contributed by atoms with Gasteiger partial charge in [0.1, 0.15) is 18.2 Å². The second-order valence-corrected chi connectivity index (χ2v) is 4.24. The lowest BCUT2D eigenvalue weighted by molar-refractivity contribution is -0.142. The maximum Gasteiger partial charge on any atom is 0.328 e. The Morgan fingerprint density at radius 1 is 1.29 bits per heavy atom. The Labute approximate surface area is 121 Å². The van der Waals surface area contributed by atoms with Crippen LogP contribution in [0.25, 0.3) is 0 Å². The molecule has 0 fully saturated rings. The number of hydrogen-bond acceptors (Lipinski definition) is 4. The number of carboxylic acid groups (broad SMARTS) is 1. The molecule has 0 saturated heterocycles. The summed E-state index contributed by atoms with van der Waals surface area (Å²) >= 11 is 0. The van der Waals surface area contributed by atoms with Crippen LogP contribution in [0.2, 0.25) is 0 Å². The number of ether oxygens (including phenoxy) is 2. The molecule has 1 atom stereocenters. The Morgan fingerprint density at radius 2 is 1.90 bits per heavy atom. The molecule has 0 saturated carbocycles. The van der Waals surface area contributed by atoms with E-state index in [1.165, 1.54) is 0 Å². The summed E-state index contributed by atoms with van der Waals surface area (Å²) in [4.78, 5) is 21.9. The summed E-state index contributed by atoms with van der Waals surface area (Å²) in [6, 6.07) is 5.49. The van der Waals surface area contributed by atoms with Crippen LogP contribution in [0.5, 0.6) is 11.5 Å². The highest BCUT2D eigenvalue weighted by atomic mass is 19.1. The number of methoxy groups -OCH3 is 1. The number of halogens is 1. The Kier molecular flexibility index (Phi) is 7.00. The summed E-state index contributed by atoms with van der Waals surface area (Å²) < 4.78 is 22.7. The minimum Gasteiger partial charge on any atom is -0.497 e. The fourth-order valence-corrected chi connectivity index (χ4v) is 1.53. The van der Waals surface area contributed by atoms with Gasteiger partial charge in [-0.2, -0.15) is 0 Å². The minimum atomic E-state index is -1.49. The van der Waals surface area contributed by atoms with E-state index in [0.29, 0.717) is 24.5 Å². The maximum atomic E-state index is 12.3. The molecule has 1 aromatic rings. The van der Waals surface area contributed by atoms with Gasteiger partial charge in [0.15, 0.2) is 6.04 Å². The fraction of sp³-hybridized carbons (Fsp3) is 0.429. The number of carboxylic acids is 1. The third-order valence-electron chi connectivity index (χ3n) is 2.66. The third kappa shape index (κ3) is 6.11. The summed E-state index contributed by atoms with van der Waals surface area (Å²) in [5.41, 5.74) is 0. The van der Waals surface area contributed by atoms with Crippen molar-refractivity contribution in [3.05, 3.63) is 24.3 Å². The van der Waals surface area contributed by atoms with Crippen LogP contribution in [0.4, 0.5) is 4.39 Å². The first-order chi connectivity index (χ1) is 10.1. The average Bonchev–Trinajstić information content (AvgIpc) is 2.49. The summed E-state index contributed by atoms with van der Waals surface area (Å²) in [5.74, 6) is -0.547. The van der Waals surface area contributed by atoms with E-state index in [0.717, 1.165) is 0 Å². The lowest BCUT2D eigenvalue weighted by Gasteiger charge is -2.11. The lowest BCUT2D eigenvalue weighted by Crippen LogP contribution is -2.42. The summed E-state index contributed by atoms with van der Waals surface area (Å²) in [6.07, 6.45) is 0.469. The molecule has 0 aliphatic carbocycles. The van der Waals surface area contributed by atoms with Crippen LogP contribution in [-0.4, -0.2) is 43.4 Å². The highest BCUT2D eigenvalue weighted by Crippen LogP contribution is 2.17. The Balaban J connectivity index is 2.23. The topological polar surface area (TPSA) is 84.9 Å². The van der Waals surface area contributed by atoms with Gasteiger partial charge in [-0.05, 0) is 30.7 Å². The standard InChI is InChI=1S/C14H18FNO5/c1-20-10-4-6-11(7-5-10)21-8-2-3-13(17)16-12(9-15)14(18)19/h4-7,12H,2-3,8-9H2,1H3,(H,16,17)(H,18,19). The number of carbonyl (C=O) groups is 2. The van der Waals surface area contributed by atoms with Crippen molar-refractivity contribution in [3.8, 4) is 11.5 Å². The van der Waals surface area contributed by atoms with Crippen molar-refractivity contribution in [1.29, 1.82) is 0 Å². The zero-order chi connectivity index (χ0) is 15.7. The monoisotopic (exact) mass is 299 g/mol. The summed E-state index contributed by atoms with van der Waals surface area (Å²) in [5, 5.41) is 10.7. The van der Waals surface area contributed by atoms with E-state index in [4.69, 9.17) is 14.6 Å². The van der Waals surface area contributed by atoms with Gasteiger partial charge in [-0.15, -0.1) is 0 Å². The molecule has 0 radical (unpaired) electrons. The number of aliphatic carboxylic acids is 1. The molecule has 0 aliphatic heterocycles. The van der Waals surface area contributed by atoms with Gasteiger partial charge in [-0.3, -0.25) is 4.79 Å². The van der Waals surface area contributed by atoms with E-state index in [-0.39, 0.29) is 6.42 Å². The van der Waals surface area contributed by atoms with E-state index in [1.807, 2.05) is 0 Å². The van der Waals surface area contributed by atoms with Gasteiger partial charge in [-0.25, -0.2) is 9.18 Å². The Hall–Kier alpha value is -2.31. The van der Waals surface area contributed by atoms with Crippen molar-refractivity contribution in [1.82, 2.24) is 5.32 Å². The smallest absolute Gasteiger partial charge is 0.328 e. The minimum absolute atomic E-state index is 0.0694. The van der Waals surface area contributed by atoms with Crippen LogP contribution in [0, 0.1) is 0 Å². The molecule has 0 bridgehead atoms. The quantitative estimate of drug-likeness (QED) is 0.673. The Bertz CT molecular complexity index is 463. The molecule has 0 aliphatic rings. The number of carbonyl (C=O) groups excluding carboxylic acids is 1. The molecule has 1 rings (SSSR count). The first-order valence-corrected chi connectivity index (χ1v) is 6.41. The van der Waals surface area contributed by atoms with E-state index < -0.39 is 24.6 Å². The van der Waals surface area contributed by atoms with E-state index in [9.17, 15) is 14.0 Å². The molecule has 1 aromatic carbocycles. The van der Waals surface area contributed by atoms with Gasteiger partial charge in [-0.1, -0.05) is 0 Å². The highest BCUT2D eigenvalue weighted by molar-refractivity contribution is 5.83. The Morgan fingerprint density at radius 3 is 2.43 bits per heavy atom. The molecule has 116 valence electrons. The number of rotatable bonds is 9. The second-order valence-electron chi connectivity index (χ2n) is 4.24. The van der Waals surface area contributed by atoms with Crippen LogP contribution in [0.1, 0.15) is 12.8 Å². The van der Waals surface area contributed by atoms with Crippen molar-refractivity contribution in [2.75, 3.05) is 20.4 Å². The number of benzene rings is 1. The van der Waals surface area contributed by atoms with Crippen LogP contribution in [0.3, 0.4) is 0 Å². The zero-order valence-electron chi connectivity index (χ0n) is 11.7. The molecular formula is C14H18FNO5. The third-order valence-corrected chi connectivity index (χ3v) is 2.66. The maximum absolute atomic E-state index is 12.3. The number of hydrogen-bond donors (Lipinski definition) is 2. The summed E-state index contributed by atoms with van der Waals surface area (Å²) in [7, 11) is 1.57. The average molecular weight is 299 g/mol. The first-order valence-electron chi connectivity index (χ1n) is 6.41. The van der Waals surface area contributed by atoms with Gasteiger partial charge in [0, 0.05) is 6.42 Å². The van der Waals surface area contributed by atoms with E-state index >= 15 is 0 Å². The zero-order valence-corrected chi connectivity index (χ0v) is 11.7. The van der Waals surface area contributed by atoms with Crippen molar-refractivity contribution in [2.45, 2.75) is 18.9 Å². The van der Waals surface area contributed by atoms with Crippen LogP contribution < -0.4 is 14.8 Å². The molecule has 1 unspecified atom stereocenters. The van der Waals surface area contributed by atoms with Gasteiger partial charge < -0.3 is 19.9 Å². The van der Waals surface area contributed by atoms with E-state index in [2.05, 4.69) is 5.32 Å². The van der Waals surface area contributed by atoms with Crippen LogP contribution in [-0.2, 0) is 9.59 Å². The number of nitrogens with one attached hydrogen (secondary N) is 1. The molecule has 0 aromatic heterocycles. The fourth-order valence-electron chi connectivity index (χ4n) is 1.53. The largest absolute Gasteiger partial charge is 0.497 e. The van der Waals surface area contributed by atoms with Gasteiger partial charge in [0.2, 0.25) is 5.91 Å². The normalized spacial score (nSPS) is 11.5. The molecule has 21 heavy (non-hydrogen) atoms. The molecule has 1 amide bonds. The highest BCUT2D eigenvalue weighted by Gasteiger charge is 2.18. The number of amides is 1. The predicted molar refractivity (Wildman–Crippen MR) is 73.3 cm³/mol. The van der Waals surface area contributed by atoms with Gasteiger partial charge >= 0.3 is 5.97 Å². The number of alkyl halides is 1. The molecule has 6 nitrogen and oxygen atoms in total. The first kappa shape index (κ1) is 16.7. The van der Waals surface area contributed by atoms with Crippen LogP contribution in [0.15, 0.2) is 24.3 Å². The predicted octanol–water partition coefficient (Wildman–Crippen LogP) is 1.39. The molecular weight excluding hydrogens is 281 g/mol. The van der Waals surface area contributed by atoms with Gasteiger partial charge in [0.05, 0.1) is 13.7 Å². The second kappa shape index (κ2) is 8.78. The van der Waals surface area contributed by atoms with Crippen molar-refractivity contribution < 1.29 is 28.6 Å². The van der Waals surface area contributed by atoms with Crippen molar-refractivity contribution >= 4 is 11.9 Å². The van der Waals surface area contributed by atoms with E-state index in [1.54, 1.807) is 31.4 Å². The molecule has 0 heterocycles. The molecule has 7 heteroatoms. The van der Waals surface area contributed by atoms with Crippen LogP contribution >= 0.6 is 0 Å². The van der Waals surface area contributed by atoms with Crippen molar-refractivity contribution in [3.63, 3.8) is 0 Å². The van der Waals surface area contributed by atoms with Gasteiger partial charge in [0.25, 0.3) is 0 Å².